The second kappa shape index (κ2) is 9.57. The molecule has 0 bridgehead atoms. The molecule has 0 saturated carbocycles. The van der Waals surface area contributed by atoms with Gasteiger partial charge in [0.25, 0.3) is 0 Å². The maximum absolute atomic E-state index is 11.1. The van der Waals surface area contributed by atoms with Gasteiger partial charge in [-0.1, -0.05) is 24.3 Å². The first-order valence-electron chi connectivity index (χ1n) is 11.0. The van der Waals surface area contributed by atoms with E-state index < -0.39 is 6.09 Å². The van der Waals surface area contributed by atoms with E-state index in [9.17, 15) is 4.79 Å². The van der Waals surface area contributed by atoms with E-state index in [0.717, 1.165) is 34.9 Å². The number of imidazole rings is 2. The summed E-state index contributed by atoms with van der Waals surface area (Å²) in [6, 6.07) is 15.8. The van der Waals surface area contributed by atoms with E-state index in [1.165, 1.54) is 4.90 Å². The van der Waals surface area contributed by atoms with Gasteiger partial charge in [0, 0.05) is 19.1 Å². The number of aromatic nitrogens is 6. The molecule has 3 aromatic heterocycles. The third kappa shape index (κ3) is 4.65. The molecule has 34 heavy (non-hydrogen) atoms. The number of H-pyrrole nitrogens is 1. The summed E-state index contributed by atoms with van der Waals surface area (Å²) in [6.45, 7) is 1.04. The molecular formula is C24H24N8O2. The van der Waals surface area contributed by atoms with E-state index in [1.807, 2.05) is 53.1 Å². The summed E-state index contributed by atoms with van der Waals surface area (Å²) >= 11 is 0. The SMILES string of the molecule is O=C(O)N1CCCC(Nc2cncc(-n3cnc4ccccc43)n2)C1.c1ccc2[nH]cnc2c1. The van der Waals surface area contributed by atoms with Gasteiger partial charge in [-0.05, 0) is 37.1 Å². The molecule has 6 rings (SSSR count). The Balaban J connectivity index is 0.000000222. The number of para-hydroxylation sites is 4. The van der Waals surface area contributed by atoms with E-state index in [0.29, 0.717) is 24.7 Å². The number of nitrogens with one attached hydrogen (secondary N) is 2. The van der Waals surface area contributed by atoms with Gasteiger partial charge in [0.15, 0.2) is 5.82 Å². The van der Waals surface area contributed by atoms with Crippen molar-refractivity contribution < 1.29 is 9.90 Å². The van der Waals surface area contributed by atoms with Crippen molar-refractivity contribution in [3.8, 4) is 5.82 Å². The summed E-state index contributed by atoms with van der Waals surface area (Å²) in [6.07, 6.45) is 7.63. The van der Waals surface area contributed by atoms with Crippen LogP contribution in [0.2, 0.25) is 0 Å². The first kappa shape index (κ1) is 21.4. The van der Waals surface area contributed by atoms with E-state index in [2.05, 4.69) is 30.2 Å². The largest absolute Gasteiger partial charge is 0.465 e. The number of rotatable bonds is 3. The molecule has 0 spiro atoms. The highest BCUT2D eigenvalue weighted by Crippen LogP contribution is 2.19. The Morgan fingerprint density at radius 3 is 2.74 bits per heavy atom. The van der Waals surface area contributed by atoms with Crippen molar-refractivity contribution >= 4 is 34.0 Å². The van der Waals surface area contributed by atoms with Crippen LogP contribution < -0.4 is 5.32 Å². The Bertz CT molecular complexity index is 1380. The minimum Gasteiger partial charge on any atom is -0.465 e. The van der Waals surface area contributed by atoms with E-state index >= 15 is 0 Å². The first-order valence-corrected chi connectivity index (χ1v) is 11.0. The topological polar surface area (TPSA) is 125 Å². The van der Waals surface area contributed by atoms with Gasteiger partial charge >= 0.3 is 6.09 Å². The standard InChI is InChI=1S/C17H18N6O2.C7H6N2/c24-17(25)22-7-3-4-12(10-22)20-15-8-18-9-16(21-15)23-11-19-13-5-1-2-6-14(13)23;1-2-4-7-6(3-1)8-5-9-7/h1-2,5-6,8-9,11-12H,3-4,7,10H2,(H,20,21)(H,24,25);1-5H,(H,8,9). The van der Waals surface area contributed by atoms with Crippen LogP contribution in [0.4, 0.5) is 10.6 Å². The Morgan fingerprint density at radius 2 is 1.88 bits per heavy atom. The molecule has 1 unspecified atom stereocenters. The van der Waals surface area contributed by atoms with Crippen molar-refractivity contribution in [2.24, 2.45) is 0 Å². The van der Waals surface area contributed by atoms with Gasteiger partial charge in [-0.3, -0.25) is 9.55 Å². The number of hydrogen-bond acceptors (Lipinski definition) is 6. The predicted molar refractivity (Wildman–Crippen MR) is 129 cm³/mol. The van der Waals surface area contributed by atoms with Crippen molar-refractivity contribution in [2.45, 2.75) is 18.9 Å². The van der Waals surface area contributed by atoms with Crippen LogP contribution in [0.5, 0.6) is 0 Å². The highest BCUT2D eigenvalue weighted by atomic mass is 16.4. The molecule has 1 saturated heterocycles. The van der Waals surface area contributed by atoms with Crippen LogP contribution in [0.25, 0.3) is 27.9 Å². The lowest BCUT2D eigenvalue weighted by Gasteiger charge is -2.31. The number of piperidine rings is 1. The van der Waals surface area contributed by atoms with E-state index in [4.69, 9.17) is 5.11 Å². The Hall–Kier alpha value is -4.47. The van der Waals surface area contributed by atoms with Gasteiger partial charge in [-0.2, -0.15) is 0 Å². The summed E-state index contributed by atoms with van der Waals surface area (Å²) in [7, 11) is 0. The fourth-order valence-electron chi connectivity index (χ4n) is 4.04. The lowest BCUT2D eigenvalue weighted by atomic mass is 10.1. The van der Waals surface area contributed by atoms with Crippen molar-refractivity contribution in [1.29, 1.82) is 0 Å². The van der Waals surface area contributed by atoms with Crippen LogP contribution >= 0.6 is 0 Å². The lowest BCUT2D eigenvalue weighted by Crippen LogP contribution is -2.44. The number of carbonyl (C=O) groups is 1. The van der Waals surface area contributed by atoms with E-state index in [-0.39, 0.29) is 6.04 Å². The minimum absolute atomic E-state index is 0.0360. The van der Waals surface area contributed by atoms with Crippen LogP contribution in [-0.4, -0.2) is 64.7 Å². The van der Waals surface area contributed by atoms with Crippen molar-refractivity contribution in [3.05, 3.63) is 73.6 Å². The molecule has 172 valence electrons. The number of anilines is 1. The lowest BCUT2D eigenvalue weighted by molar-refractivity contribution is 0.133. The number of benzene rings is 2. The second-order valence-corrected chi connectivity index (χ2v) is 8.00. The molecule has 1 amide bonds. The van der Waals surface area contributed by atoms with Gasteiger partial charge in [-0.15, -0.1) is 0 Å². The van der Waals surface area contributed by atoms with Gasteiger partial charge in [0.05, 0.1) is 40.8 Å². The quantitative estimate of drug-likeness (QED) is 0.376. The maximum Gasteiger partial charge on any atom is 0.407 e. The summed E-state index contributed by atoms with van der Waals surface area (Å²) in [5, 5.41) is 12.5. The number of amides is 1. The number of aromatic amines is 1. The fraction of sp³-hybridized carbons (Fsp3) is 0.208. The molecule has 1 aliphatic heterocycles. The predicted octanol–water partition coefficient (Wildman–Crippen LogP) is 3.93. The van der Waals surface area contributed by atoms with Gasteiger partial charge < -0.3 is 20.3 Å². The number of carboxylic acid groups (broad SMARTS) is 1. The molecule has 4 heterocycles. The average Bonchev–Trinajstić information content (AvgIpc) is 3.52. The van der Waals surface area contributed by atoms with Crippen molar-refractivity contribution in [1.82, 2.24) is 34.4 Å². The monoisotopic (exact) mass is 456 g/mol. The molecule has 1 fully saturated rings. The van der Waals surface area contributed by atoms with Crippen LogP contribution in [0.1, 0.15) is 12.8 Å². The third-order valence-corrected chi connectivity index (χ3v) is 5.69. The molecule has 0 radical (unpaired) electrons. The highest BCUT2D eigenvalue weighted by molar-refractivity contribution is 5.76. The molecular weight excluding hydrogens is 432 g/mol. The summed E-state index contributed by atoms with van der Waals surface area (Å²) in [5.41, 5.74) is 3.98. The van der Waals surface area contributed by atoms with Gasteiger partial charge in [0.2, 0.25) is 0 Å². The minimum atomic E-state index is -0.878. The molecule has 3 N–H and O–H groups in total. The highest BCUT2D eigenvalue weighted by Gasteiger charge is 2.23. The zero-order chi connectivity index (χ0) is 23.3. The fourth-order valence-corrected chi connectivity index (χ4v) is 4.04. The molecule has 2 aromatic carbocycles. The Labute approximate surface area is 195 Å². The van der Waals surface area contributed by atoms with Gasteiger partial charge in [-0.25, -0.2) is 19.7 Å². The number of nitrogens with zero attached hydrogens (tertiary/aromatic N) is 6. The van der Waals surface area contributed by atoms with Crippen LogP contribution in [0.15, 0.2) is 73.6 Å². The van der Waals surface area contributed by atoms with Gasteiger partial charge in [0.1, 0.15) is 12.1 Å². The summed E-state index contributed by atoms with van der Waals surface area (Å²) in [5.74, 6) is 1.30. The smallest absolute Gasteiger partial charge is 0.407 e. The molecule has 10 heteroatoms. The summed E-state index contributed by atoms with van der Waals surface area (Å²) < 4.78 is 1.89. The Morgan fingerprint density at radius 1 is 1.06 bits per heavy atom. The van der Waals surface area contributed by atoms with Crippen molar-refractivity contribution in [2.75, 3.05) is 18.4 Å². The molecule has 1 atom stereocenters. The summed E-state index contributed by atoms with van der Waals surface area (Å²) in [4.78, 5) is 32.9. The van der Waals surface area contributed by atoms with Crippen LogP contribution in [0.3, 0.4) is 0 Å². The normalized spacial score (nSPS) is 15.6. The Kier molecular flexibility index (Phi) is 6.02. The molecule has 10 nitrogen and oxygen atoms in total. The third-order valence-electron chi connectivity index (χ3n) is 5.69. The van der Waals surface area contributed by atoms with E-state index in [1.54, 1.807) is 25.0 Å². The number of likely N-dealkylation sites (tertiary alicyclic amines) is 1. The molecule has 5 aromatic rings. The van der Waals surface area contributed by atoms with Crippen LogP contribution in [0, 0.1) is 0 Å². The first-order chi connectivity index (χ1) is 16.7. The zero-order valence-corrected chi connectivity index (χ0v) is 18.4. The van der Waals surface area contributed by atoms with Crippen molar-refractivity contribution in [3.63, 3.8) is 0 Å². The zero-order valence-electron chi connectivity index (χ0n) is 18.4. The molecule has 1 aliphatic rings. The molecule has 0 aliphatic carbocycles. The maximum atomic E-state index is 11.1. The average molecular weight is 457 g/mol. The number of hydrogen-bond donors (Lipinski definition) is 3. The second-order valence-electron chi connectivity index (χ2n) is 8.00. The number of fused-ring (bicyclic) bond motifs is 2. The van der Waals surface area contributed by atoms with Crippen LogP contribution in [-0.2, 0) is 0 Å².